The first kappa shape index (κ1) is 11.9. The summed E-state index contributed by atoms with van der Waals surface area (Å²) in [4.78, 5) is 2.18. The average Bonchev–Trinajstić information content (AvgIpc) is 1.83. The largest absolute Gasteiger partial charge is 0.326 e. The Morgan fingerprint density at radius 3 is 1.42 bits per heavy atom. The quantitative estimate of drug-likeness (QED) is 0.687. The molecule has 0 aliphatic carbocycles. The summed E-state index contributed by atoms with van der Waals surface area (Å²) in [5, 5.41) is 0. The summed E-state index contributed by atoms with van der Waals surface area (Å²) < 4.78 is 0. The molecule has 1 atom stereocenters. The van der Waals surface area contributed by atoms with Crippen LogP contribution in [0.15, 0.2) is 0 Å². The number of likely N-dealkylation sites (N-methyl/N-ethyl adjacent to an activating group) is 1. The van der Waals surface area contributed by atoms with Crippen LogP contribution in [0.4, 0.5) is 0 Å². The van der Waals surface area contributed by atoms with E-state index in [1.807, 2.05) is 0 Å². The molecule has 2 heteroatoms. The molecular formula is C10H24N2. The van der Waals surface area contributed by atoms with Crippen molar-refractivity contribution in [1.29, 1.82) is 0 Å². The predicted molar refractivity (Wildman–Crippen MR) is 55.2 cm³/mol. The zero-order chi connectivity index (χ0) is 10.2. The molecule has 0 aliphatic rings. The van der Waals surface area contributed by atoms with E-state index in [4.69, 9.17) is 5.73 Å². The molecule has 0 aromatic rings. The zero-order valence-corrected chi connectivity index (χ0v) is 9.60. The van der Waals surface area contributed by atoms with E-state index in [2.05, 4.69) is 53.6 Å². The van der Waals surface area contributed by atoms with E-state index in [1.165, 1.54) is 0 Å². The van der Waals surface area contributed by atoms with Gasteiger partial charge in [0.25, 0.3) is 0 Å². The van der Waals surface area contributed by atoms with Gasteiger partial charge in [-0.3, -0.25) is 0 Å². The topological polar surface area (TPSA) is 29.3 Å². The van der Waals surface area contributed by atoms with Crippen LogP contribution in [0.2, 0.25) is 0 Å². The van der Waals surface area contributed by atoms with E-state index >= 15 is 0 Å². The second-order valence-corrected chi connectivity index (χ2v) is 5.39. The molecule has 0 rings (SSSR count). The molecule has 2 nitrogen and oxygen atoms in total. The molecule has 0 fully saturated rings. The van der Waals surface area contributed by atoms with Gasteiger partial charge in [-0.2, -0.15) is 0 Å². The van der Waals surface area contributed by atoms with Crippen LogP contribution in [-0.4, -0.2) is 30.6 Å². The Hall–Kier alpha value is -0.0800. The highest BCUT2D eigenvalue weighted by molar-refractivity contribution is 4.95. The van der Waals surface area contributed by atoms with Crippen LogP contribution in [0.1, 0.15) is 34.6 Å². The summed E-state index contributed by atoms with van der Waals surface area (Å²) in [6.45, 7) is 10.9. The second kappa shape index (κ2) is 3.35. The van der Waals surface area contributed by atoms with Crippen LogP contribution in [0.5, 0.6) is 0 Å². The van der Waals surface area contributed by atoms with E-state index in [-0.39, 0.29) is 17.0 Å². The Labute approximate surface area is 77.1 Å². The zero-order valence-electron chi connectivity index (χ0n) is 9.60. The molecule has 0 aromatic carbocycles. The third-order valence-corrected chi connectivity index (χ3v) is 2.85. The Balaban J connectivity index is 4.57. The van der Waals surface area contributed by atoms with E-state index < -0.39 is 0 Å². The van der Waals surface area contributed by atoms with E-state index in [9.17, 15) is 0 Å². The standard InChI is InChI=1S/C10H24N2/c1-9(2,3)8(11)10(4,5)12(6)7/h8H,11H2,1-7H3. The smallest absolute Gasteiger partial charge is 0.0303 e. The summed E-state index contributed by atoms with van der Waals surface area (Å²) >= 11 is 0. The van der Waals surface area contributed by atoms with Gasteiger partial charge in [0.05, 0.1) is 0 Å². The van der Waals surface area contributed by atoms with Crippen molar-refractivity contribution in [3.63, 3.8) is 0 Å². The Morgan fingerprint density at radius 2 is 1.33 bits per heavy atom. The molecule has 0 saturated carbocycles. The molecular weight excluding hydrogens is 148 g/mol. The van der Waals surface area contributed by atoms with Crippen LogP contribution in [0.25, 0.3) is 0 Å². The third-order valence-electron chi connectivity index (χ3n) is 2.85. The van der Waals surface area contributed by atoms with E-state index in [0.717, 1.165) is 0 Å². The number of nitrogens with two attached hydrogens (primary N) is 1. The van der Waals surface area contributed by atoms with Gasteiger partial charge in [0.2, 0.25) is 0 Å². The molecule has 1 unspecified atom stereocenters. The average molecular weight is 172 g/mol. The minimum Gasteiger partial charge on any atom is -0.326 e. The molecule has 12 heavy (non-hydrogen) atoms. The fraction of sp³-hybridized carbons (Fsp3) is 1.00. The molecule has 0 amide bonds. The van der Waals surface area contributed by atoms with Crippen LogP contribution >= 0.6 is 0 Å². The van der Waals surface area contributed by atoms with Gasteiger partial charge in [-0.15, -0.1) is 0 Å². The first-order chi connectivity index (χ1) is 5.10. The summed E-state index contributed by atoms with van der Waals surface area (Å²) in [6, 6.07) is 0.181. The Kier molecular flexibility index (Phi) is 3.32. The van der Waals surface area contributed by atoms with E-state index in [1.54, 1.807) is 0 Å². The van der Waals surface area contributed by atoms with E-state index in [0.29, 0.717) is 0 Å². The number of hydrogen-bond acceptors (Lipinski definition) is 2. The first-order valence-electron chi connectivity index (χ1n) is 4.53. The Bertz CT molecular complexity index is 142. The summed E-state index contributed by atoms with van der Waals surface area (Å²) in [5.41, 5.74) is 6.40. The number of nitrogens with zero attached hydrogens (tertiary/aromatic N) is 1. The predicted octanol–water partition coefficient (Wildman–Crippen LogP) is 1.70. The maximum atomic E-state index is 6.19. The third kappa shape index (κ3) is 2.46. The highest BCUT2D eigenvalue weighted by Crippen LogP contribution is 2.28. The van der Waals surface area contributed by atoms with Crippen molar-refractivity contribution in [2.24, 2.45) is 11.1 Å². The van der Waals surface area contributed by atoms with Crippen molar-refractivity contribution in [2.75, 3.05) is 14.1 Å². The van der Waals surface area contributed by atoms with Gasteiger partial charge in [0.1, 0.15) is 0 Å². The molecule has 0 spiro atoms. The van der Waals surface area contributed by atoms with Crippen LogP contribution in [-0.2, 0) is 0 Å². The van der Waals surface area contributed by atoms with Gasteiger partial charge in [-0.1, -0.05) is 20.8 Å². The Morgan fingerprint density at radius 1 is 1.00 bits per heavy atom. The van der Waals surface area contributed by atoms with Crippen molar-refractivity contribution < 1.29 is 0 Å². The number of rotatable bonds is 2. The van der Waals surface area contributed by atoms with Crippen molar-refractivity contribution in [3.05, 3.63) is 0 Å². The van der Waals surface area contributed by atoms with Gasteiger partial charge in [-0.05, 0) is 33.4 Å². The van der Waals surface area contributed by atoms with Crippen molar-refractivity contribution in [3.8, 4) is 0 Å². The molecule has 0 saturated heterocycles. The molecule has 0 radical (unpaired) electrons. The van der Waals surface area contributed by atoms with Crippen molar-refractivity contribution in [1.82, 2.24) is 4.90 Å². The lowest BCUT2D eigenvalue weighted by atomic mass is 9.76. The lowest BCUT2D eigenvalue weighted by Crippen LogP contribution is -2.58. The molecule has 0 heterocycles. The monoisotopic (exact) mass is 172 g/mol. The van der Waals surface area contributed by atoms with Gasteiger partial charge < -0.3 is 10.6 Å². The fourth-order valence-electron chi connectivity index (χ4n) is 1.34. The van der Waals surface area contributed by atoms with Gasteiger partial charge in [-0.25, -0.2) is 0 Å². The van der Waals surface area contributed by atoms with Crippen LogP contribution < -0.4 is 5.73 Å². The minimum atomic E-state index is 0.0538. The van der Waals surface area contributed by atoms with Gasteiger partial charge in [0, 0.05) is 11.6 Å². The lowest BCUT2D eigenvalue weighted by molar-refractivity contribution is 0.0971. The molecule has 0 aliphatic heterocycles. The molecule has 74 valence electrons. The normalized spacial score (nSPS) is 16.8. The van der Waals surface area contributed by atoms with Crippen molar-refractivity contribution >= 4 is 0 Å². The van der Waals surface area contributed by atoms with Crippen LogP contribution in [0.3, 0.4) is 0 Å². The molecule has 0 bridgehead atoms. The molecule has 0 aromatic heterocycles. The second-order valence-electron chi connectivity index (χ2n) is 5.39. The van der Waals surface area contributed by atoms with Crippen molar-refractivity contribution in [2.45, 2.75) is 46.2 Å². The lowest BCUT2D eigenvalue weighted by Gasteiger charge is -2.44. The fourth-order valence-corrected chi connectivity index (χ4v) is 1.34. The maximum Gasteiger partial charge on any atom is 0.0303 e. The van der Waals surface area contributed by atoms with Gasteiger partial charge >= 0.3 is 0 Å². The summed E-state index contributed by atoms with van der Waals surface area (Å²) in [6.07, 6.45) is 0. The first-order valence-corrected chi connectivity index (χ1v) is 4.53. The maximum absolute atomic E-state index is 6.19. The van der Waals surface area contributed by atoms with Crippen LogP contribution in [0, 0.1) is 5.41 Å². The highest BCUT2D eigenvalue weighted by Gasteiger charge is 2.36. The summed E-state index contributed by atoms with van der Waals surface area (Å²) in [7, 11) is 4.15. The summed E-state index contributed by atoms with van der Waals surface area (Å²) in [5.74, 6) is 0. The van der Waals surface area contributed by atoms with Gasteiger partial charge in [0.15, 0.2) is 0 Å². The highest BCUT2D eigenvalue weighted by atomic mass is 15.2. The molecule has 2 N–H and O–H groups in total. The minimum absolute atomic E-state index is 0.0538. The number of hydrogen-bond donors (Lipinski definition) is 1. The SMILES string of the molecule is CN(C)C(C)(C)C(N)C(C)(C)C.